The zero-order valence-corrected chi connectivity index (χ0v) is 19.7. The molecule has 0 bridgehead atoms. The largest absolute Gasteiger partial charge is 0.443 e. The van der Waals surface area contributed by atoms with E-state index in [1.807, 2.05) is 20.8 Å². The lowest BCUT2D eigenvalue weighted by molar-refractivity contribution is -0.152. The predicted molar refractivity (Wildman–Crippen MR) is 127 cm³/mol. The Morgan fingerprint density at radius 3 is 2.30 bits per heavy atom. The molecule has 178 valence electrons. The minimum atomic E-state index is -3.75. The van der Waals surface area contributed by atoms with Crippen LogP contribution < -0.4 is 21.5 Å². The molecule has 0 heterocycles. The van der Waals surface area contributed by atoms with E-state index in [9.17, 15) is 18.0 Å². The number of ether oxygens (including phenoxy) is 1. The van der Waals surface area contributed by atoms with Crippen LogP contribution >= 0.6 is 0 Å². The number of nitrogen functional groups attached to an aromatic ring is 1. The summed E-state index contributed by atoms with van der Waals surface area (Å²) < 4.78 is 32.8. The highest BCUT2D eigenvalue weighted by molar-refractivity contribution is 7.92. The molecule has 9 nitrogen and oxygen atoms in total. The van der Waals surface area contributed by atoms with Crippen molar-refractivity contribution < 1.29 is 22.7 Å². The Balaban J connectivity index is 1.60. The van der Waals surface area contributed by atoms with Gasteiger partial charge in [-0.3, -0.25) is 9.52 Å². The van der Waals surface area contributed by atoms with Crippen molar-refractivity contribution in [1.82, 2.24) is 0 Å². The summed E-state index contributed by atoms with van der Waals surface area (Å²) in [6.45, 7) is 5.92. The van der Waals surface area contributed by atoms with E-state index in [-0.39, 0.29) is 39.9 Å². The van der Waals surface area contributed by atoms with E-state index in [0.29, 0.717) is 18.5 Å². The van der Waals surface area contributed by atoms with Crippen LogP contribution in [-0.4, -0.2) is 26.0 Å². The van der Waals surface area contributed by atoms with Crippen LogP contribution in [0.25, 0.3) is 0 Å². The van der Waals surface area contributed by atoms with Gasteiger partial charge >= 0.3 is 6.09 Å². The van der Waals surface area contributed by atoms with Gasteiger partial charge in [0.25, 0.3) is 10.0 Å². The van der Waals surface area contributed by atoms with Crippen LogP contribution in [-0.2, 0) is 19.6 Å². The SMILES string of the molecule is CC(C)(C)C1(OC(N)=O)CC(CC(=O)Nc2ccc(NS(=O)(=O)c3ccccc3)cc2N)C1. The standard InChI is InChI=1S/C23H30N4O5S/c1-22(2,3)23(32-21(25)29)13-15(14-23)11-20(28)26-19-10-9-16(12-18(19)24)27-33(30,31)17-7-5-4-6-8-17/h4-10,12,15,27H,11,13-14,24H2,1-3H3,(H2,25,29)(H,26,28). The smallest absolute Gasteiger partial charge is 0.405 e. The van der Waals surface area contributed by atoms with Gasteiger partial charge in [0.15, 0.2) is 0 Å². The van der Waals surface area contributed by atoms with Crippen LogP contribution in [0.4, 0.5) is 21.9 Å². The number of carbonyl (C=O) groups excluding carboxylic acids is 2. The maximum absolute atomic E-state index is 12.5. The lowest BCUT2D eigenvalue weighted by Gasteiger charge is -2.54. The molecule has 0 spiro atoms. The fourth-order valence-corrected chi connectivity index (χ4v) is 5.15. The molecule has 2 aromatic carbocycles. The van der Waals surface area contributed by atoms with Crippen LogP contribution in [0.15, 0.2) is 53.4 Å². The zero-order valence-electron chi connectivity index (χ0n) is 18.9. The number of rotatable bonds is 7. The minimum absolute atomic E-state index is 0.0433. The minimum Gasteiger partial charge on any atom is -0.443 e. The molecule has 1 aliphatic rings. The first-order chi connectivity index (χ1) is 15.3. The fraction of sp³-hybridized carbons (Fsp3) is 0.391. The second-order valence-electron chi connectivity index (χ2n) is 9.41. The molecule has 0 atom stereocenters. The third-order valence-corrected chi connectivity index (χ3v) is 7.40. The molecule has 0 radical (unpaired) electrons. The second kappa shape index (κ2) is 8.93. The summed E-state index contributed by atoms with van der Waals surface area (Å²) in [7, 11) is -3.75. The van der Waals surface area contributed by atoms with Crippen molar-refractivity contribution in [2.75, 3.05) is 15.8 Å². The Morgan fingerprint density at radius 1 is 1.12 bits per heavy atom. The van der Waals surface area contributed by atoms with Crippen molar-refractivity contribution in [2.45, 2.75) is 50.5 Å². The molecule has 2 aromatic rings. The lowest BCUT2D eigenvalue weighted by Crippen LogP contribution is -2.57. The molecule has 2 amide bonds. The van der Waals surface area contributed by atoms with Crippen molar-refractivity contribution >= 4 is 39.1 Å². The highest BCUT2D eigenvalue weighted by Gasteiger charge is 2.55. The highest BCUT2D eigenvalue weighted by Crippen LogP contribution is 2.53. The highest BCUT2D eigenvalue weighted by atomic mass is 32.2. The Bertz CT molecular complexity index is 1140. The Hall–Kier alpha value is -3.27. The molecule has 1 saturated carbocycles. The molecular weight excluding hydrogens is 444 g/mol. The summed E-state index contributed by atoms with van der Waals surface area (Å²) in [4.78, 5) is 24.0. The number of hydrogen-bond acceptors (Lipinski definition) is 6. The molecule has 0 aliphatic heterocycles. The number of primary amides is 1. The van der Waals surface area contributed by atoms with Gasteiger partial charge in [-0.25, -0.2) is 13.2 Å². The normalized spacial score (nSPS) is 20.4. The topological polar surface area (TPSA) is 154 Å². The Morgan fingerprint density at radius 2 is 1.76 bits per heavy atom. The first-order valence-corrected chi connectivity index (χ1v) is 12.1. The van der Waals surface area contributed by atoms with Gasteiger partial charge in [-0.2, -0.15) is 0 Å². The van der Waals surface area contributed by atoms with Crippen LogP contribution in [0.2, 0.25) is 0 Å². The number of nitrogens with one attached hydrogen (secondary N) is 2. The van der Waals surface area contributed by atoms with Gasteiger partial charge in [-0.15, -0.1) is 0 Å². The van der Waals surface area contributed by atoms with Crippen LogP contribution in [0.5, 0.6) is 0 Å². The molecule has 0 aromatic heterocycles. The van der Waals surface area contributed by atoms with Gasteiger partial charge < -0.3 is 21.5 Å². The van der Waals surface area contributed by atoms with Crippen molar-refractivity contribution in [3.63, 3.8) is 0 Å². The number of amides is 2. The molecule has 6 N–H and O–H groups in total. The zero-order chi connectivity index (χ0) is 24.4. The van der Waals surface area contributed by atoms with Crippen molar-refractivity contribution in [3.8, 4) is 0 Å². The summed E-state index contributed by atoms with van der Waals surface area (Å²) in [5, 5.41) is 2.76. The third kappa shape index (κ3) is 5.57. The van der Waals surface area contributed by atoms with E-state index in [2.05, 4.69) is 10.0 Å². The average molecular weight is 475 g/mol. The summed E-state index contributed by atoms with van der Waals surface area (Å²) in [5.74, 6) is -0.187. The van der Waals surface area contributed by atoms with Crippen molar-refractivity contribution in [1.29, 1.82) is 0 Å². The molecule has 3 rings (SSSR count). The molecule has 1 fully saturated rings. The average Bonchev–Trinajstić information content (AvgIpc) is 2.67. The van der Waals surface area contributed by atoms with Gasteiger partial charge in [0.2, 0.25) is 5.91 Å². The first kappa shape index (κ1) is 24.4. The fourth-order valence-electron chi connectivity index (χ4n) is 4.08. The quantitative estimate of drug-likeness (QED) is 0.449. The van der Waals surface area contributed by atoms with E-state index in [0.717, 1.165) is 0 Å². The van der Waals surface area contributed by atoms with Crippen molar-refractivity contribution in [3.05, 3.63) is 48.5 Å². The Labute approximate surface area is 193 Å². The summed E-state index contributed by atoms with van der Waals surface area (Å²) in [6, 6.07) is 12.5. The van der Waals surface area contributed by atoms with Gasteiger partial charge in [0.05, 0.1) is 22.0 Å². The van der Waals surface area contributed by atoms with E-state index in [1.54, 1.807) is 24.3 Å². The molecule has 1 aliphatic carbocycles. The predicted octanol–water partition coefficient (Wildman–Crippen LogP) is 3.69. The van der Waals surface area contributed by atoms with Crippen LogP contribution in [0.1, 0.15) is 40.0 Å². The molecular formula is C23H30N4O5S. The number of nitrogens with two attached hydrogens (primary N) is 2. The summed E-state index contributed by atoms with van der Waals surface area (Å²) >= 11 is 0. The van der Waals surface area contributed by atoms with E-state index in [4.69, 9.17) is 16.2 Å². The van der Waals surface area contributed by atoms with Gasteiger partial charge in [-0.05, 0) is 49.1 Å². The molecule has 33 heavy (non-hydrogen) atoms. The maximum atomic E-state index is 12.5. The summed E-state index contributed by atoms with van der Waals surface area (Å²) in [6.07, 6.45) is 0.510. The molecule has 0 saturated heterocycles. The third-order valence-electron chi connectivity index (χ3n) is 6.01. The van der Waals surface area contributed by atoms with E-state index >= 15 is 0 Å². The number of hydrogen-bond donors (Lipinski definition) is 4. The van der Waals surface area contributed by atoms with E-state index < -0.39 is 21.7 Å². The molecule has 0 unspecified atom stereocenters. The van der Waals surface area contributed by atoms with Crippen LogP contribution in [0.3, 0.4) is 0 Å². The van der Waals surface area contributed by atoms with Gasteiger partial charge in [0.1, 0.15) is 5.60 Å². The lowest BCUT2D eigenvalue weighted by atomic mass is 9.58. The summed E-state index contributed by atoms with van der Waals surface area (Å²) in [5.41, 5.74) is 11.2. The number of carbonyl (C=O) groups is 2. The number of anilines is 3. The van der Waals surface area contributed by atoms with Crippen molar-refractivity contribution in [2.24, 2.45) is 17.1 Å². The second-order valence-corrected chi connectivity index (χ2v) is 11.1. The van der Waals surface area contributed by atoms with Crippen LogP contribution in [0, 0.1) is 11.3 Å². The Kier molecular flexibility index (Phi) is 6.60. The number of benzene rings is 2. The van der Waals surface area contributed by atoms with Gasteiger partial charge in [-0.1, -0.05) is 39.0 Å². The van der Waals surface area contributed by atoms with E-state index in [1.165, 1.54) is 24.3 Å². The molecule has 10 heteroatoms. The first-order valence-electron chi connectivity index (χ1n) is 10.6. The number of sulfonamides is 1. The maximum Gasteiger partial charge on any atom is 0.405 e. The van der Waals surface area contributed by atoms with Gasteiger partial charge in [0, 0.05) is 11.8 Å². The monoisotopic (exact) mass is 474 g/mol.